The fourth-order valence-corrected chi connectivity index (χ4v) is 4.13. The number of methoxy groups -OCH3 is 1. The van der Waals surface area contributed by atoms with E-state index in [1.165, 1.54) is 0 Å². The van der Waals surface area contributed by atoms with Gasteiger partial charge in [-0.05, 0) is 54.0 Å². The highest BCUT2D eigenvalue weighted by molar-refractivity contribution is 7.18. The molecule has 2 aromatic carbocycles. The highest BCUT2D eigenvalue weighted by Gasteiger charge is 2.13. The van der Waals surface area contributed by atoms with Crippen molar-refractivity contribution >= 4 is 33.2 Å². The van der Waals surface area contributed by atoms with E-state index in [0.717, 1.165) is 38.6 Å². The lowest BCUT2D eigenvalue weighted by Gasteiger charge is -2.09. The predicted octanol–water partition coefficient (Wildman–Crippen LogP) is 5.02. The third kappa shape index (κ3) is 3.88. The third-order valence-corrected chi connectivity index (χ3v) is 5.98. The number of benzene rings is 2. The van der Waals surface area contributed by atoms with Crippen LogP contribution in [0.15, 0.2) is 59.4 Å². The molecular formula is C24H19N3O2S. The van der Waals surface area contributed by atoms with Crippen LogP contribution in [0.5, 0.6) is 5.75 Å². The summed E-state index contributed by atoms with van der Waals surface area (Å²) in [6, 6.07) is 18.9. The number of aromatic nitrogens is 2. The Morgan fingerprint density at radius 1 is 1.20 bits per heavy atom. The number of hydrogen-bond acceptors (Lipinski definition) is 5. The summed E-state index contributed by atoms with van der Waals surface area (Å²) in [5.41, 5.74) is 3.03. The molecule has 0 saturated heterocycles. The number of fused-ring (bicyclic) bond motifs is 1. The molecule has 0 spiro atoms. The number of hydrogen-bond donors (Lipinski definition) is 1. The fourth-order valence-electron chi connectivity index (χ4n) is 3.16. The summed E-state index contributed by atoms with van der Waals surface area (Å²) in [5.74, 6) is 1.26. The zero-order valence-corrected chi connectivity index (χ0v) is 17.4. The van der Waals surface area contributed by atoms with Gasteiger partial charge in [-0.2, -0.15) is 5.26 Å². The Morgan fingerprint density at radius 2 is 1.93 bits per heavy atom. The number of nitrogens with one attached hydrogen (secondary N) is 1. The quantitative estimate of drug-likeness (QED) is 0.466. The van der Waals surface area contributed by atoms with Crippen LogP contribution in [0.2, 0.25) is 0 Å². The van der Waals surface area contributed by atoms with Crippen LogP contribution in [0, 0.1) is 11.3 Å². The number of nitriles is 1. The topological polar surface area (TPSA) is 78.8 Å². The van der Waals surface area contributed by atoms with E-state index in [2.05, 4.69) is 18.0 Å². The van der Waals surface area contributed by atoms with Crippen molar-refractivity contribution in [2.75, 3.05) is 7.11 Å². The molecule has 6 heteroatoms. The summed E-state index contributed by atoms with van der Waals surface area (Å²) in [7, 11) is 1.62. The van der Waals surface area contributed by atoms with Crippen molar-refractivity contribution in [1.82, 2.24) is 9.97 Å². The second-order valence-electron chi connectivity index (χ2n) is 6.72. The van der Waals surface area contributed by atoms with Crippen molar-refractivity contribution in [2.24, 2.45) is 0 Å². The zero-order valence-electron chi connectivity index (χ0n) is 16.6. The van der Waals surface area contributed by atoms with Crippen molar-refractivity contribution < 1.29 is 4.74 Å². The van der Waals surface area contributed by atoms with E-state index >= 15 is 0 Å². The van der Waals surface area contributed by atoms with Crippen molar-refractivity contribution in [2.45, 2.75) is 13.3 Å². The SMILES string of the molecule is CCc1cc2c(=O)[nH]c(C(=Cc3ccc(C#N)cc3)c3ccc(OC)cc3)nc2s1. The van der Waals surface area contributed by atoms with Gasteiger partial charge in [-0.3, -0.25) is 4.79 Å². The molecule has 148 valence electrons. The average molecular weight is 414 g/mol. The maximum absolute atomic E-state index is 12.7. The van der Waals surface area contributed by atoms with Crippen LogP contribution < -0.4 is 10.3 Å². The van der Waals surface area contributed by atoms with Gasteiger partial charge in [-0.1, -0.05) is 31.2 Å². The van der Waals surface area contributed by atoms with Gasteiger partial charge in [-0.15, -0.1) is 11.3 Å². The largest absolute Gasteiger partial charge is 0.497 e. The van der Waals surface area contributed by atoms with Gasteiger partial charge < -0.3 is 9.72 Å². The molecule has 4 rings (SSSR count). The lowest BCUT2D eigenvalue weighted by molar-refractivity contribution is 0.415. The highest BCUT2D eigenvalue weighted by Crippen LogP contribution is 2.28. The second-order valence-corrected chi connectivity index (χ2v) is 7.84. The second kappa shape index (κ2) is 8.36. The van der Waals surface area contributed by atoms with E-state index in [9.17, 15) is 4.79 Å². The molecule has 4 aromatic rings. The first kappa shape index (κ1) is 19.6. The smallest absolute Gasteiger partial charge is 0.259 e. The van der Waals surface area contributed by atoms with Gasteiger partial charge in [0, 0.05) is 10.5 Å². The molecule has 0 fully saturated rings. The Morgan fingerprint density at radius 3 is 2.57 bits per heavy atom. The molecule has 0 amide bonds. The van der Waals surface area contributed by atoms with Crippen LogP contribution in [-0.4, -0.2) is 17.1 Å². The van der Waals surface area contributed by atoms with E-state index in [1.54, 1.807) is 30.6 Å². The van der Waals surface area contributed by atoms with E-state index < -0.39 is 0 Å². The minimum Gasteiger partial charge on any atom is -0.497 e. The molecule has 0 atom stereocenters. The maximum atomic E-state index is 12.7. The number of H-pyrrole nitrogens is 1. The van der Waals surface area contributed by atoms with Crippen LogP contribution >= 0.6 is 11.3 Å². The Bertz CT molecular complexity index is 1320. The van der Waals surface area contributed by atoms with Crippen molar-refractivity contribution in [3.63, 3.8) is 0 Å². The lowest BCUT2D eigenvalue weighted by Crippen LogP contribution is -2.10. The molecule has 0 aliphatic rings. The number of aryl methyl sites for hydroxylation is 1. The number of rotatable bonds is 5. The van der Waals surface area contributed by atoms with Crippen LogP contribution in [-0.2, 0) is 6.42 Å². The van der Waals surface area contributed by atoms with Crippen LogP contribution in [0.4, 0.5) is 0 Å². The molecule has 1 N–H and O–H groups in total. The summed E-state index contributed by atoms with van der Waals surface area (Å²) in [6.07, 6.45) is 2.82. The summed E-state index contributed by atoms with van der Waals surface area (Å²) in [5, 5.41) is 9.66. The normalized spacial score (nSPS) is 11.4. The molecule has 2 heterocycles. The Labute approximate surface area is 177 Å². The minimum atomic E-state index is -0.148. The molecule has 0 aliphatic carbocycles. The maximum Gasteiger partial charge on any atom is 0.259 e. The summed E-state index contributed by atoms with van der Waals surface area (Å²) < 4.78 is 5.27. The van der Waals surface area contributed by atoms with Gasteiger partial charge in [0.25, 0.3) is 5.56 Å². The van der Waals surface area contributed by atoms with Gasteiger partial charge in [-0.25, -0.2) is 4.98 Å². The van der Waals surface area contributed by atoms with Gasteiger partial charge >= 0.3 is 0 Å². The molecule has 0 radical (unpaired) electrons. The van der Waals surface area contributed by atoms with E-state index in [-0.39, 0.29) is 5.56 Å². The predicted molar refractivity (Wildman–Crippen MR) is 121 cm³/mol. The molecule has 0 unspecified atom stereocenters. The Kier molecular flexibility index (Phi) is 5.46. The summed E-state index contributed by atoms with van der Waals surface area (Å²) in [4.78, 5) is 22.3. The average Bonchev–Trinajstić information content (AvgIpc) is 3.22. The molecule has 0 bridgehead atoms. The van der Waals surface area contributed by atoms with E-state index in [4.69, 9.17) is 15.0 Å². The minimum absolute atomic E-state index is 0.148. The Balaban J connectivity index is 1.89. The van der Waals surface area contributed by atoms with Crippen LogP contribution in [0.3, 0.4) is 0 Å². The fraction of sp³-hybridized carbons (Fsp3) is 0.125. The molecule has 0 aliphatic heterocycles. The lowest BCUT2D eigenvalue weighted by atomic mass is 10.0. The number of aromatic amines is 1. The molecule has 30 heavy (non-hydrogen) atoms. The standard InChI is InChI=1S/C24H19N3O2S/c1-3-19-13-21-23(28)26-22(27-24(21)30-19)20(17-8-10-18(29-2)11-9-17)12-15-4-6-16(14-25)7-5-15/h4-13H,3H2,1-2H3,(H,26,27,28). The highest BCUT2D eigenvalue weighted by atomic mass is 32.1. The van der Waals surface area contributed by atoms with Crippen molar-refractivity contribution in [3.05, 3.63) is 92.3 Å². The first-order valence-electron chi connectivity index (χ1n) is 9.50. The summed E-state index contributed by atoms with van der Waals surface area (Å²) in [6.45, 7) is 2.06. The summed E-state index contributed by atoms with van der Waals surface area (Å²) >= 11 is 1.54. The number of ether oxygens (including phenoxy) is 1. The monoisotopic (exact) mass is 413 g/mol. The molecule has 5 nitrogen and oxygen atoms in total. The molecule has 0 saturated carbocycles. The van der Waals surface area contributed by atoms with Crippen molar-refractivity contribution in [3.8, 4) is 11.8 Å². The van der Waals surface area contributed by atoms with E-state index in [1.807, 2.05) is 48.5 Å². The zero-order chi connectivity index (χ0) is 21.1. The third-order valence-electron chi connectivity index (χ3n) is 4.81. The molecular weight excluding hydrogens is 394 g/mol. The molecule has 2 aromatic heterocycles. The van der Waals surface area contributed by atoms with Crippen LogP contribution in [0.25, 0.3) is 21.9 Å². The van der Waals surface area contributed by atoms with Gasteiger partial charge in [0.2, 0.25) is 0 Å². The van der Waals surface area contributed by atoms with Gasteiger partial charge in [0.15, 0.2) is 0 Å². The van der Waals surface area contributed by atoms with Gasteiger partial charge in [0.05, 0.1) is 24.1 Å². The number of thiophene rings is 1. The van der Waals surface area contributed by atoms with E-state index in [0.29, 0.717) is 16.8 Å². The Hall–Kier alpha value is -3.69. The number of nitrogens with zero attached hydrogens (tertiary/aromatic N) is 2. The first-order valence-corrected chi connectivity index (χ1v) is 10.3. The van der Waals surface area contributed by atoms with Gasteiger partial charge in [0.1, 0.15) is 16.4 Å². The van der Waals surface area contributed by atoms with Crippen LogP contribution in [0.1, 0.15) is 34.3 Å². The first-order chi connectivity index (χ1) is 14.6. The van der Waals surface area contributed by atoms with Crippen molar-refractivity contribution in [1.29, 1.82) is 5.26 Å².